The number of aliphatic hydroxyl groups is 1. The van der Waals surface area contributed by atoms with Gasteiger partial charge in [-0.1, -0.05) is 0 Å². The second-order valence-electron chi connectivity index (χ2n) is 2.32. The number of pyridine rings is 1. The predicted molar refractivity (Wildman–Crippen MR) is 35.1 cm³/mol. The molecule has 0 unspecified atom stereocenters. The van der Waals surface area contributed by atoms with Crippen molar-refractivity contribution in [3.8, 4) is 0 Å². The number of aromatic nitrogens is 1. The summed E-state index contributed by atoms with van der Waals surface area (Å²) in [5.74, 6) is -1.06. The van der Waals surface area contributed by atoms with Gasteiger partial charge in [-0.3, -0.25) is 0 Å². The normalized spacial score (nSPS) is 11.8. The fourth-order valence-electron chi connectivity index (χ4n) is 0.777. The van der Waals surface area contributed by atoms with E-state index in [0.29, 0.717) is 0 Å². The quantitative estimate of drug-likeness (QED) is 0.692. The number of hydrogen-bond acceptors (Lipinski definition) is 2. The highest BCUT2D eigenvalue weighted by atomic mass is 19.4. The molecule has 1 aromatic heterocycles. The molecule has 0 fully saturated rings. The third-order valence-electron chi connectivity index (χ3n) is 1.30. The lowest BCUT2D eigenvalue weighted by Gasteiger charge is -2.06. The second-order valence-corrected chi connectivity index (χ2v) is 2.32. The topological polar surface area (TPSA) is 33.1 Å². The fraction of sp³-hybridized carbons (Fsp3) is 0.286. The van der Waals surface area contributed by atoms with Gasteiger partial charge in [0, 0.05) is 6.07 Å². The summed E-state index contributed by atoms with van der Waals surface area (Å²) in [5, 5.41) is 8.46. The van der Waals surface area contributed by atoms with Gasteiger partial charge in [-0.25, -0.2) is 9.37 Å². The van der Waals surface area contributed by atoms with Gasteiger partial charge in [0.1, 0.15) is 11.5 Å². The van der Waals surface area contributed by atoms with Crippen LogP contribution in [0.2, 0.25) is 0 Å². The number of hydrogen-bond donors (Lipinski definition) is 1. The van der Waals surface area contributed by atoms with E-state index in [4.69, 9.17) is 5.11 Å². The van der Waals surface area contributed by atoms with Crippen LogP contribution >= 0.6 is 0 Å². The maximum atomic E-state index is 12.5. The Kier molecular flexibility index (Phi) is 2.51. The standard InChI is InChI=1S/C7H5F4NO/c8-4-1-5(3-13)12-6(2-4)7(9,10)11/h1-2,13H,3H2. The smallest absolute Gasteiger partial charge is 0.390 e. The van der Waals surface area contributed by atoms with Crippen molar-refractivity contribution in [1.82, 2.24) is 4.98 Å². The van der Waals surface area contributed by atoms with Crippen LogP contribution < -0.4 is 0 Å². The summed E-state index contributed by atoms with van der Waals surface area (Å²) in [7, 11) is 0. The number of alkyl halides is 3. The van der Waals surface area contributed by atoms with Crippen LogP contribution in [0.25, 0.3) is 0 Å². The Hall–Kier alpha value is -1.17. The molecule has 1 heterocycles. The summed E-state index contributed by atoms with van der Waals surface area (Å²) >= 11 is 0. The van der Waals surface area contributed by atoms with Crippen molar-refractivity contribution >= 4 is 0 Å². The lowest BCUT2D eigenvalue weighted by molar-refractivity contribution is -0.141. The largest absolute Gasteiger partial charge is 0.433 e. The third kappa shape index (κ3) is 2.38. The first-order valence-electron chi connectivity index (χ1n) is 3.28. The molecule has 0 amide bonds. The zero-order valence-corrected chi connectivity index (χ0v) is 6.27. The summed E-state index contributed by atoms with van der Waals surface area (Å²) in [6.45, 7) is -0.721. The van der Waals surface area contributed by atoms with Crippen LogP contribution in [0.4, 0.5) is 17.6 Å². The van der Waals surface area contributed by atoms with Crippen molar-refractivity contribution < 1.29 is 22.7 Å². The maximum Gasteiger partial charge on any atom is 0.433 e. The second kappa shape index (κ2) is 3.29. The molecule has 0 radical (unpaired) electrons. The summed E-state index contributed by atoms with van der Waals surface area (Å²) in [6.07, 6.45) is -4.69. The highest BCUT2D eigenvalue weighted by Gasteiger charge is 2.33. The van der Waals surface area contributed by atoms with Crippen LogP contribution in [0.3, 0.4) is 0 Å². The Morgan fingerprint density at radius 3 is 2.38 bits per heavy atom. The van der Waals surface area contributed by atoms with Gasteiger partial charge in [-0.2, -0.15) is 13.2 Å². The van der Waals surface area contributed by atoms with Crippen LogP contribution in [0, 0.1) is 5.82 Å². The van der Waals surface area contributed by atoms with E-state index in [2.05, 4.69) is 4.98 Å². The molecule has 0 saturated carbocycles. The highest BCUT2D eigenvalue weighted by Crippen LogP contribution is 2.28. The van der Waals surface area contributed by atoms with Crippen molar-refractivity contribution in [2.24, 2.45) is 0 Å². The molecule has 0 saturated heterocycles. The van der Waals surface area contributed by atoms with E-state index in [1.54, 1.807) is 0 Å². The molecular formula is C7H5F4NO. The molecule has 0 aliphatic heterocycles. The number of aliphatic hydroxyl groups excluding tert-OH is 1. The molecule has 1 rings (SSSR count). The zero-order chi connectivity index (χ0) is 10.1. The molecule has 13 heavy (non-hydrogen) atoms. The minimum absolute atomic E-state index is 0.277. The predicted octanol–water partition coefficient (Wildman–Crippen LogP) is 1.73. The van der Waals surface area contributed by atoms with E-state index in [1.165, 1.54) is 0 Å². The molecule has 2 nitrogen and oxygen atoms in total. The molecule has 0 bridgehead atoms. The minimum atomic E-state index is -4.69. The van der Waals surface area contributed by atoms with Crippen LogP contribution in [0.15, 0.2) is 12.1 Å². The van der Waals surface area contributed by atoms with Gasteiger partial charge in [-0.15, -0.1) is 0 Å². The molecule has 1 N–H and O–H groups in total. The third-order valence-corrected chi connectivity index (χ3v) is 1.30. The molecule has 72 valence electrons. The van der Waals surface area contributed by atoms with Crippen LogP contribution in [-0.4, -0.2) is 10.1 Å². The van der Waals surface area contributed by atoms with Crippen molar-refractivity contribution in [2.45, 2.75) is 12.8 Å². The first-order valence-corrected chi connectivity index (χ1v) is 3.28. The van der Waals surface area contributed by atoms with Gasteiger partial charge in [0.2, 0.25) is 0 Å². The van der Waals surface area contributed by atoms with Crippen molar-refractivity contribution in [2.75, 3.05) is 0 Å². The summed E-state index contributed by atoms with van der Waals surface area (Å²) in [4.78, 5) is 3.01. The Balaban J connectivity index is 3.16. The molecule has 0 aliphatic carbocycles. The van der Waals surface area contributed by atoms with Crippen LogP contribution in [-0.2, 0) is 12.8 Å². The van der Waals surface area contributed by atoms with Gasteiger partial charge in [0.05, 0.1) is 12.3 Å². The van der Waals surface area contributed by atoms with E-state index in [-0.39, 0.29) is 11.8 Å². The Morgan fingerprint density at radius 1 is 1.31 bits per heavy atom. The average Bonchev–Trinajstić information content (AvgIpc) is 2.01. The Morgan fingerprint density at radius 2 is 1.92 bits per heavy atom. The summed E-state index contributed by atoms with van der Waals surface area (Å²) < 4.78 is 48.4. The maximum absolute atomic E-state index is 12.5. The summed E-state index contributed by atoms with van der Waals surface area (Å²) in [6, 6.07) is 1.02. The van der Waals surface area contributed by atoms with Crippen molar-refractivity contribution in [1.29, 1.82) is 0 Å². The molecular weight excluding hydrogens is 190 g/mol. The molecule has 0 aromatic carbocycles. The zero-order valence-electron chi connectivity index (χ0n) is 6.27. The monoisotopic (exact) mass is 195 g/mol. The van der Waals surface area contributed by atoms with E-state index < -0.39 is 24.3 Å². The highest BCUT2D eigenvalue weighted by molar-refractivity contribution is 5.14. The van der Waals surface area contributed by atoms with E-state index >= 15 is 0 Å². The van der Waals surface area contributed by atoms with Gasteiger partial charge < -0.3 is 5.11 Å². The van der Waals surface area contributed by atoms with Gasteiger partial charge >= 0.3 is 6.18 Å². The average molecular weight is 195 g/mol. The SMILES string of the molecule is OCc1cc(F)cc(C(F)(F)F)n1. The minimum Gasteiger partial charge on any atom is -0.390 e. The van der Waals surface area contributed by atoms with Crippen molar-refractivity contribution in [3.05, 3.63) is 29.3 Å². The first kappa shape index (κ1) is 9.91. The molecule has 6 heteroatoms. The fourth-order valence-corrected chi connectivity index (χ4v) is 0.777. The number of halogens is 4. The first-order chi connectivity index (χ1) is 5.93. The van der Waals surface area contributed by atoms with Gasteiger partial charge in [0.25, 0.3) is 0 Å². The van der Waals surface area contributed by atoms with Gasteiger partial charge in [-0.05, 0) is 6.07 Å². The summed E-state index contributed by atoms with van der Waals surface area (Å²) in [5.41, 5.74) is -1.68. The van der Waals surface area contributed by atoms with E-state index in [9.17, 15) is 17.6 Å². The number of nitrogens with zero attached hydrogens (tertiary/aromatic N) is 1. The Labute approximate surface area is 70.8 Å². The molecule has 0 atom stereocenters. The van der Waals surface area contributed by atoms with Gasteiger partial charge in [0.15, 0.2) is 0 Å². The molecule has 1 aromatic rings. The molecule has 0 aliphatic rings. The van der Waals surface area contributed by atoms with E-state index in [0.717, 1.165) is 6.07 Å². The molecule has 0 spiro atoms. The van der Waals surface area contributed by atoms with Crippen LogP contribution in [0.1, 0.15) is 11.4 Å². The lowest BCUT2D eigenvalue weighted by atomic mass is 10.3. The number of rotatable bonds is 1. The van der Waals surface area contributed by atoms with Crippen LogP contribution in [0.5, 0.6) is 0 Å². The Bertz CT molecular complexity index is 310. The lowest BCUT2D eigenvalue weighted by Crippen LogP contribution is -2.10. The van der Waals surface area contributed by atoms with E-state index in [1.807, 2.05) is 0 Å². The van der Waals surface area contributed by atoms with Crippen molar-refractivity contribution in [3.63, 3.8) is 0 Å².